The van der Waals surface area contributed by atoms with E-state index < -0.39 is 5.97 Å². The van der Waals surface area contributed by atoms with Gasteiger partial charge in [-0.05, 0) is 79.5 Å². The van der Waals surface area contributed by atoms with E-state index in [0.717, 1.165) is 51.2 Å². The Morgan fingerprint density at radius 3 is 2.23 bits per heavy atom. The lowest BCUT2D eigenvalue weighted by Gasteiger charge is -2.21. The first-order valence-electron chi connectivity index (χ1n) is 11.9. The molecule has 1 heterocycles. The summed E-state index contributed by atoms with van der Waals surface area (Å²) in [6, 6.07) is 11.5. The van der Waals surface area contributed by atoms with Crippen molar-refractivity contribution < 1.29 is 14.7 Å². The van der Waals surface area contributed by atoms with Crippen LogP contribution in [0.4, 0.5) is 5.69 Å². The van der Waals surface area contributed by atoms with Gasteiger partial charge in [0.05, 0.1) is 12.0 Å². The fourth-order valence-electron chi connectivity index (χ4n) is 4.52. The van der Waals surface area contributed by atoms with Crippen LogP contribution in [0.1, 0.15) is 63.4 Å². The summed E-state index contributed by atoms with van der Waals surface area (Å²) in [5.41, 5.74) is 15.0. The van der Waals surface area contributed by atoms with Crippen LogP contribution >= 0.6 is 0 Å². The number of hydrogen-bond acceptors (Lipinski definition) is 4. The minimum atomic E-state index is -1.02. The van der Waals surface area contributed by atoms with Gasteiger partial charge in [-0.25, -0.2) is 4.79 Å². The normalized spacial score (nSPS) is 11.1. The second-order valence-corrected chi connectivity index (χ2v) is 9.60. The molecule has 0 aliphatic heterocycles. The predicted octanol–water partition coefficient (Wildman–Crippen LogP) is 5.52. The summed E-state index contributed by atoms with van der Waals surface area (Å²) >= 11 is 0. The molecular formula is C29H35N3O3. The van der Waals surface area contributed by atoms with Crippen LogP contribution in [0.5, 0.6) is 0 Å². The van der Waals surface area contributed by atoms with Crippen molar-refractivity contribution in [2.75, 3.05) is 5.32 Å². The Morgan fingerprint density at radius 2 is 1.66 bits per heavy atom. The molecule has 0 saturated carbocycles. The molecule has 6 nitrogen and oxygen atoms in total. The molecule has 3 rings (SSSR count). The number of rotatable bonds is 8. The molecule has 6 heteroatoms. The van der Waals surface area contributed by atoms with Gasteiger partial charge in [0, 0.05) is 23.6 Å². The highest BCUT2D eigenvalue weighted by Crippen LogP contribution is 2.33. The van der Waals surface area contributed by atoms with Gasteiger partial charge in [0.1, 0.15) is 0 Å². The molecule has 1 aromatic heterocycles. The van der Waals surface area contributed by atoms with Crippen LogP contribution in [0.2, 0.25) is 0 Å². The zero-order chi connectivity index (χ0) is 25.9. The third kappa shape index (κ3) is 5.77. The zero-order valence-electron chi connectivity index (χ0n) is 21.5. The SMILES string of the molecule is Cc1ccc(-c2c(CC(=O)Nc3c(C)ccc(C(=O)O)c3C)c(C)nc(CC(C)C)c2CN)cc1. The maximum atomic E-state index is 13.3. The van der Waals surface area contributed by atoms with Gasteiger partial charge in [-0.15, -0.1) is 0 Å². The lowest BCUT2D eigenvalue weighted by atomic mass is 9.88. The van der Waals surface area contributed by atoms with Gasteiger partial charge < -0.3 is 16.2 Å². The number of aromatic carboxylic acids is 1. The maximum Gasteiger partial charge on any atom is 0.336 e. The van der Waals surface area contributed by atoms with E-state index in [1.54, 1.807) is 19.1 Å². The van der Waals surface area contributed by atoms with Crippen molar-refractivity contribution in [3.63, 3.8) is 0 Å². The molecular weight excluding hydrogens is 438 g/mol. The number of carboxylic acids is 1. The van der Waals surface area contributed by atoms with E-state index in [4.69, 9.17) is 10.7 Å². The molecule has 4 N–H and O–H groups in total. The van der Waals surface area contributed by atoms with Crippen LogP contribution in [0.3, 0.4) is 0 Å². The van der Waals surface area contributed by atoms with E-state index in [0.29, 0.717) is 23.7 Å². The average molecular weight is 474 g/mol. The molecule has 0 unspecified atom stereocenters. The average Bonchev–Trinajstić information content (AvgIpc) is 2.78. The van der Waals surface area contributed by atoms with Crippen molar-refractivity contribution in [2.45, 2.75) is 60.9 Å². The minimum Gasteiger partial charge on any atom is -0.478 e. The Hall–Kier alpha value is -3.51. The minimum absolute atomic E-state index is 0.104. The molecule has 2 aromatic carbocycles. The number of aromatic nitrogens is 1. The summed E-state index contributed by atoms with van der Waals surface area (Å²) < 4.78 is 0. The summed E-state index contributed by atoms with van der Waals surface area (Å²) in [4.78, 5) is 29.8. The van der Waals surface area contributed by atoms with E-state index in [1.165, 1.54) is 0 Å². The molecule has 184 valence electrons. The molecule has 3 aromatic rings. The number of nitrogens with two attached hydrogens (primary N) is 1. The molecule has 0 radical (unpaired) electrons. The van der Waals surface area contributed by atoms with Crippen LogP contribution in [-0.2, 0) is 24.2 Å². The number of amides is 1. The molecule has 0 aliphatic carbocycles. The van der Waals surface area contributed by atoms with Crippen LogP contribution in [0, 0.1) is 33.6 Å². The van der Waals surface area contributed by atoms with Gasteiger partial charge in [0.25, 0.3) is 0 Å². The zero-order valence-corrected chi connectivity index (χ0v) is 21.5. The maximum absolute atomic E-state index is 13.3. The Kier molecular flexibility index (Phi) is 8.07. The van der Waals surface area contributed by atoms with Crippen molar-refractivity contribution in [2.24, 2.45) is 11.7 Å². The van der Waals surface area contributed by atoms with Gasteiger partial charge in [-0.2, -0.15) is 0 Å². The third-order valence-electron chi connectivity index (χ3n) is 6.34. The largest absolute Gasteiger partial charge is 0.478 e. The molecule has 0 aliphatic rings. The molecule has 0 spiro atoms. The van der Waals surface area contributed by atoms with Gasteiger partial charge in [0.2, 0.25) is 5.91 Å². The van der Waals surface area contributed by atoms with Crippen molar-refractivity contribution in [3.05, 3.63) is 81.2 Å². The van der Waals surface area contributed by atoms with Crippen LogP contribution in [0.15, 0.2) is 36.4 Å². The van der Waals surface area contributed by atoms with E-state index in [1.807, 2.05) is 20.8 Å². The fourth-order valence-corrected chi connectivity index (χ4v) is 4.52. The van der Waals surface area contributed by atoms with E-state index in [-0.39, 0.29) is 17.9 Å². The number of benzene rings is 2. The highest BCUT2D eigenvalue weighted by atomic mass is 16.4. The molecule has 0 atom stereocenters. The summed E-state index contributed by atoms with van der Waals surface area (Å²) in [6.07, 6.45) is 0.909. The number of aryl methyl sites for hydroxylation is 3. The number of nitrogens with one attached hydrogen (secondary N) is 1. The Balaban J connectivity index is 2.09. The number of anilines is 1. The summed E-state index contributed by atoms with van der Waals surface area (Å²) in [5.74, 6) is -0.829. The first-order chi connectivity index (χ1) is 16.5. The smallest absolute Gasteiger partial charge is 0.336 e. The highest BCUT2D eigenvalue weighted by molar-refractivity contribution is 5.98. The number of carboxylic acid groups (broad SMARTS) is 1. The van der Waals surface area contributed by atoms with Crippen LogP contribution in [0.25, 0.3) is 11.1 Å². The first-order valence-corrected chi connectivity index (χ1v) is 11.9. The topological polar surface area (TPSA) is 105 Å². The van der Waals surface area contributed by atoms with Gasteiger partial charge in [-0.3, -0.25) is 9.78 Å². The lowest BCUT2D eigenvalue weighted by Crippen LogP contribution is -2.20. The Bertz CT molecular complexity index is 1260. The Morgan fingerprint density at radius 1 is 1.00 bits per heavy atom. The highest BCUT2D eigenvalue weighted by Gasteiger charge is 2.22. The second-order valence-electron chi connectivity index (χ2n) is 9.60. The lowest BCUT2D eigenvalue weighted by molar-refractivity contribution is -0.115. The van der Waals surface area contributed by atoms with Crippen molar-refractivity contribution >= 4 is 17.6 Å². The van der Waals surface area contributed by atoms with Crippen molar-refractivity contribution in [1.29, 1.82) is 0 Å². The summed E-state index contributed by atoms with van der Waals surface area (Å²) in [7, 11) is 0. The standard InChI is InChI=1S/C29H35N3O3/c1-16(2)13-25-24(15-30)27(21-10-7-17(3)8-11-21)23(20(6)31-25)14-26(33)32-28-18(4)9-12-22(19(28)5)29(34)35/h7-12,16H,13-15,30H2,1-6H3,(H,32,33)(H,34,35). The number of carbonyl (C=O) groups is 2. The molecule has 0 bridgehead atoms. The second kappa shape index (κ2) is 10.8. The van der Waals surface area contributed by atoms with Crippen LogP contribution in [-0.4, -0.2) is 22.0 Å². The summed E-state index contributed by atoms with van der Waals surface area (Å²) in [6.45, 7) is 12.2. The first kappa shape index (κ1) is 26.1. The van der Waals surface area contributed by atoms with Gasteiger partial charge in [-0.1, -0.05) is 49.7 Å². The number of nitrogens with zero attached hydrogens (tertiary/aromatic N) is 1. The molecule has 0 fully saturated rings. The number of hydrogen-bond donors (Lipinski definition) is 3. The van der Waals surface area contributed by atoms with Gasteiger partial charge in [0.15, 0.2) is 0 Å². The monoisotopic (exact) mass is 473 g/mol. The number of pyridine rings is 1. The van der Waals surface area contributed by atoms with Crippen molar-refractivity contribution in [3.8, 4) is 11.1 Å². The third-order valence-corrected chi connectivity index (χ3v) is 6.34. The predicted molar refractivity (Wildman–Crippen MR) is 141 cm³/mol. The van der Waals surface area contributed by atoms with Gasteiger partial charge >= 0.3 is 5.97 Å². The fraction of sp³-hybridized carbons (Fsp3) is 0.345. The van der Waals surface area contributed by atoms with E-state index in [9.17, 15) is 14.7 Å². The molecule has 1 amide bonds. The number of carbonyl (C=O) groups excluding carboxylic acids is 1. The molecule has 0 saturated heterocycles. The van der Waals surface area contributed by atoms with Crippen molar-refractivity contribution in [1.82, 2.24) is 4.98 Å². The van der Waals surface area contributed by atoms with Crippen LogP contribution < -0.4 is 11.1 Å². The summed E-state index contributed by atoms with van der Waals surface area (Å²) in [5, 5.41) is 12.4. The quantitative estimate of drug-likeness (QED) is 0.400. The Labute approximate surface area is 207 Å². The molecule has 35 heavy (non-hydrogen) atoms. The van der Waals surface area contributed by atoms with E-state index in [2.05, 4.69) is 43.4 Å². The van der Waals surface area contributed by atoms with E-state index >= 15 is 0 Å².